The number of benzene rings is 2. The van der Waals surface area contributed by atoms with E-state index >= 15 is 0 Å². The molecule has 2 atom stereocenters. The number of thioether (sulfide) groups is 1. The Balaban J connectivity index is 1.73. The van der Waals surface area contributed by atoms with E-state index in [-0.39, 0.29) is 13.2 Å². The number of carbonyl (C=O) groups excluding carboxylic acids is 2. The van der Waals surface area contributed by atoms with Crippen LogP contribution in [0.1, 0.15) is 6.42 Å². The van der Waals surface area contributed by atoms with Crippen molar-refractivity contribution < 1.29 is 28.9 Å². The lowest BCUT2D eigenvalue weighted by Gasteiger charge is -2.21. The van der Waals surface area contributed by atoms with Crippen LogP contribution in [0.5, 0.6) is 11.5 Å². The lowest BCUT2D eigenvalue weighted by atomic mass is 10.2. The third-order valence-corrected chi connectivity index (χ3v) is 4.44. The van der Waals surface area contributed by atoms with Gasteiger partial charge in [0.05, 0.1) is 6.54 Å². The molecular formula is C21H26N2O6S. The highest BCUT2D eigenvalue weighted by molar-refractivity contribution is 7.98. The van der Waals surface area contributed by atoms with Crippen LogP contribution in [0.3, 0.4) is 0 Å². The van der Waals surface area contributed by atoms with Crippen molar-refractivity contribution in [3.05, 3.63) is 60.7 Å². The van der Waals surface area contributed by atoms with E-state index in [1.165, 1.54) is 0 Å². The maximum Gasteiger partial charge on any atom is 0.412 e. The number of ether oxygens (including phenoxy) is 3. The molecule has 2 aromatic rings. The minimum Gasteiger partial charge on any atom is -0.463 e. The first-order valence-electron chi connectivity index (χ1n) is 9.40. The van der Waals surface area contributed by atoms with Gasteiger partial charge in [-0.3, -0.25) is 4.79 Å². The van der Waals surface area contributed by atoms with Gasteiger partial charge in [0.25, 0.3) is 6.41 Å². The van der Waals surface area contributed by atoms with Crippen LogP contribution in [-0.2, 0) is 9.53 Å². The predicted octanol–water partition coefficient (Wildman–Crippen LogP) is 2.38. The van der Waals surface area contributed by atoms with Crippen LogP contribution in [0.2, 0.25) is 0 Å². The number of carbonyl (C=O) groups is 2. The first-order chi connectivity index (χ1) is 14.6. The fourth-order valence-corrected chi connectivity index (χ4v) is 2.85. The Morgan fingerprint density at radius 3 is 2.30 bits per heavy atom. The Morgan fingerprint density at radius 1 is 1.03 bits per heavy atom. The van der Waals surface area contributed by atoms with Crippen LogP contribution in [0.4, 0.5) is 4.79 Å². The highest BCUT2D eigenvalue weighted by atomic mass is 32.2. The molecule has 3 N–H and O–H groups in total. The molecular weight excluding hydrogens is 408 g/mol. The monoisotopic (exact) mass is 434 g/mol. The highest BCUT2D eigenvalue weighted by Gasteiger charge is 2.23. The van der Waals surface area contributed by atoms with E-state index in [1.807, 2.05) is 18.4 Å². The quantitative estimate of drug-likeness (QED) is 0.266. The SMILES string of the molecule is CSCC[C@H](NC(O)Oc1ccccc1)C(=O)OCCNC(=O)Oc1ccccc1. The number of amides is 1. The molecule has 30 heavy (non-hydrogen) atoms. The summed E-state index contributed by atoms with van der Waals surface area (Å²) in [5, 5.41) is 15.3. The van der Waals surface area contributed by atoms with Crippen LogP contribution < -0.4 is 20.1 Å². The number of para-hydroxylation sites is 2. The van der Waals surface area contributed by atoms with Crippen molar-refractivity contribution in [1.82, 2.24) is 10.6 Å². The van der Waals surface area contributed by atoms with Gasteiger partial charge in [-0.1, -0.05) is 36.4 Å². The van der Waals surface area contributed by atoms with Crippen molar-refractivity contribution >= 4 is 23.8 Å². The molecule has 9 heteroatoms. The third kappa shape index (κ3) is 9.17. The van der Waals surface area contributed by atoms with Crippen LogP contribution >= 0.6 is 11.8 Å². The van der Waals surface area contributed by atoms with Gasteiger partial charge in [-0.15, -0.1) is 0 Å². The van der Waals surface area contributed by atoms with Crippen molar-refractivity contribution in [3.8, 4) is 11.5 Å². The Morgan fingerprint density at radius 2 is 1.67 bits per heavy atom. The summed E-state index contributed by atoms with van der Waals surface area (Å²) in [7, 11) is 0. The van der Waals surface area contributed by atoms with Gasteiger partial charge in [0, 0.05) is 0 Å². The number of aliphatic hydroxyl groups excluding tert-OH is 1. The molecule has 0 aliphatic heterocycles. The van der Waals surface area contributed by atoms with E-state index in [9.17, 15) is 14.7 Å². The molecule has 162 valence electrons. The molecule has 8 nitrogen and oxygen atoms in total. The minimum atomic E-state index is -1.37. The molecule has 0 saturated carbocycles. The Bertz CT molecular complexity index is 763. The number of rotatable bonds is 12. The molecule has 0 heterocycles. The second-order valence-corrected chi connectivity index (χ2v) is 7.07. The predicted molar refractivity (Wildman–Crippen MR) is 114 cm³/mol. The van der Waals surface area contributed by atoms with Gasteiger partial charge in [0.15, 0.2) is 0 Å². The Kier molecular flexibility index (Phi) is 10.6. The summed E-state index contributed by atoms with van der Waals surface area (Å²) in [4.78, 5) is 24.1. The second kappa shape index (κ2) is 13.5. The summed E-state index contributed by atoms with van der Waals surface area (Å²) >= 11 is 1.57. The fraction of sp³-hybridized carbons (Fsp3) is 0.333. The number of hydrogen-bond acceptors (Lipinski definition) is 8. The van der Waals surface area contributed by atoms with Gasteiger partial charge in [0.1, 0.15) is 24.1 Å². The smallest absolute Gasteiger partial charge is 0.412 e. The molecule has 2 rings (SSSR count). The van der Waals surface area contributed by atoms with Crippen molar-refractivity contribution in [2.24, 2.45) is 0 Å². The van der Waals surface area contributed by atoms with E-state index in [4.69, 9.17) is 14.2 Å². The highest BCUT2D eigenvalue weighted by Crippen LogP contribution is 2.11. The van der Waals surface area contributed by atoms with Crippen LogP contribution in [0, 0.1) is 0 Å². The first kappa shape index (κ1) is 23.5. The summed E-state index contributed by atoms with van der Waals surface area (Å²) in [6.45, 7) is 0.0610. The van der Waals surface area contributed by atoms with Gasteiger partial charge in [0.2, 0.25) is 0 Å². The molecule has 1 amide bonds. The second-order valence-electron chi connectivity index (χ2n) is 6.08. The van der Waals surface area contributed by atoms with Crippen LogP contribution in [0.15, 0.2) is 60.7 Å². The third-order valence-electron chi connectivity index (χ3n) is 3.80. The van der Waals surface area contributed by atoms with E-state index in [0.29, 0.717) is 23.7 Å². The summed E-state index contributed by atoms with van der Waals surface area (Å²) in [6.07, 6.45) is 0.354. The topological polar surface area (TPSA) is 106 Å². The molecule has 0 radical (unpaired) electrons. The zero-order valence-electron chi connectivity index (χ0n) is 16.7. The summed E-state index contributed by atoms with van der Waals surface area (Å²) < 4.78 is 15.6. The van der Waals surface area contributed by atoms with Crippen molar-refractivity contribution in [1.29, 1.82) is 0 Å². The normalized spacial score (nSPS) is 12.5. The van der Waals surface area contributed by atoms with Crippen LogP contribution in [0.25, 0.3) is 0 Å². The molecule has 0 spiro atoms. The largest absolute Gasteiger partial charge is 0.463 e. The van der Waals surface area contributed by atoms with Crippen LogP contribution in [-0.4, -0.2) is 54.8 Å². The summed E-state index contributed by atoms with van der Waals surface area (Å²) in [6, 6.07) is 16.6. The number of aliphatic hydroxyl groups is 1. The van der Waals surface area contributed by atoms with E-state index in [0.717, 1.165) is 0 Å². The summed E-state index contributed by atoms with van der Waals surface area (Å²) in [5.74, 6) is 1.03. The standard InChI is InChI=1S/C21H26N2O6S/c1-30-15-12-18(23-21(26)29-17-10-6-3-7-11-17)19(24)27-14-13-22-20(25)28-16-8-4-2-5-9-16/h2-11,18,21,23,26H,12-15H2,1H3,(H,22,25)/t18-,21?/m0/s1. The molecule has 0 aromatic heterocycles. The molecule has 1 unspecified atom stereocenters. The maximum absolute atomic E-state index is 12.4. The lowest BCUT2D eigenvalue weighted by molar-refractivity contribution is -0.149. The van der Waals surface area contributed by atoms with Gasteiger partial charge < -0.3 is 24.6 Å². The van der Waals surface area contributed by atoms with E-state index < -0.39 is 24.5 Å². The Hall–Kier alpha value is -2.75. The van der Waals surface area contributed by atoms with Gasteiger partial charge in [-0.25, -0.2) is 10.1 Å². The zero-order chi connectivity index (χ0) is 21.6. The molecule has 0 aliphatic carbocycles. The van der Waals surface area contributed by atoms with Crippen molar-refractivity contribution in [3.63, 3.8) is 0 Å². The lowest BCUT2D eigenvalue weighted by Crippen LogP contribution is -2.47. The van der Waals surface area contributed by atoms with Crippen molar-refractivity contribution in [2.75, 3.05) is 25.2 Å². The minimum absolute atomic E-state index is 0.0319. The molecule has 2 aromatic carbocycles. The zero-order valence-corrected chi connectivity index (χ0v) is 17.5. The molecule has 0 aliphatic rings. The number of esters is 1. The van der Waals surface area contributed by atoms with E-state index in [1.54, 1.807) is 60.3 Å². The number of nitrogens with one attached hydrogen (secondary N) is 2. The molecule has 0 saturated heterocycles. The average Bonchev–Trinajstić information content (AvgIpc) is 2.75. The number of hydrogen-bond donors (Lipinski definition) is 3. The van der Waals surface area contributed by atoms with Gasteiger partial charge in [-0.05, 0) is 42.7 Å². The van der Waals surface area contributed by atoms with Gasteiger partial charge >= 0.3 is 12.1 Å². The van der Waals surface area contributed by atoms with Gasteiger partial charge in [-0.2, -0.15) is 11.8 Å². The average molecular weight is 435 g/mol. The van der Waals surface area contributed by atoms with Crippen molar-refractivity contribution in [2.45, 2.75) is 18.9 Å². The molecule has 0 fully saturated rings. The summed E-state index contributed by atoms with van der Waals surface area (Å²) in [5.41, 5.74) is 0. The maximum atomic E-state index is 12.4. The fourth-order valence-electron chi connectivity index (χ4n) is 2.38. The molecule has 0 bridgehead atoms. The van der Waals surface area contributed by atoms with E-state index in [2.05, 4.69) is 10.6 Å². The Labute approximate surface area is 179 Å². The first-order valence-corrected chi connectivity index (χ1v) is 10.8.